The first-order valence-corrected chi connectivity index (χ1v) is 7.49. The van der Waals surface area contributed by atoms with E-state index in [9.17, 15) is 9.18 Å². The fourth-order valence-corrected chi connectivity index (χ4v) is 2.61. The molecule has 0 atom stereocenters. The van der Waals surface area contributed by atoms with Gasteiger partial charge in [0.15, 0.2) is 0 Å². The van der Waals surface area contributed by atoms with Crippen LogP contribution in [0.1, 0.15) is 44.1 Å². The van der Waals surface area contributed by atoms with Crippen molar-refractivity contribution >= 4 is 5.91 Å². The van der Waals surface area contributed by atoms with Crippen LogP contribution < -0.4 is 10.6 Å². The van der Waals surface area contributed by atoms with Gasteiger partial charge in [-0.15, -0.1) is 0 Å². The van der Waals surface area contributed by atoms with Crippen LogP contribution in [0, 0.1) is 5.82 Å². The van der Waals surface area contributed by atoms with E-state index in [1.165, 1.54) is 25.3 Å². The van der Waals surface area contributed by atoms with Crippen LogP contribution in [0.15, 0.2) is 24.3 Å². The van der Waals surface area contributed by atoms with Crippen molar-refractivity contribution in [2.75, 3.05) is 6.54 Å². The Bertz CT molecular complexity index is 430. The lowest BCUT2D eigenvalue weighted by Gasteiger charge is -2.22. The quantitative estimate of drug-likeness (QED) is 0.786. The summed E-state index contributed by atoms with van der Waals surface area (Å²) in [6.45, 7) is 1.04. The minimum atomic E-state index is -0.202. The van der Waals surface area contributed by atoms with E-state index in [1.54, 1.807) is 12.1 Å². The third kappa shape index (κ3) is 4.93. The minimum Gasteiger partial charge on any atom is -0.353 e. The summed E-state index contributed by atoms with van der Waals surface area (Å²) in [7, 11) is 0. The first-order chi connectivity index (χ1) is 9.75. The van der Waals surface area contributed by atoms with E-state index in [4.69, 9.17) is 0 Å². The zero-order valence-electron chi connectivity index (χ0n) is 11.8. The van der Waals surface area contributed by atoms with E-state index in [1.807, 2.05) is 6.07 Å². The molecule has 1 aliphatic rings. The van der Waals surface area contributed by atoms with Crippen molar-refractivity contribution in [1.82, 2.24) is 10.6 Å². The second-order valence-electron chi connectivity index (χ2n) is 5.42. The molecule has 110 valence electrons. The number of halogens is 1. The molecule has 20 heavy (non-hydrogen) atoms. The maximum Gasteiger partial charge on any atom is 0.221 e. The standard InChI is InChI=1S/C16H23FN2O/c17-15-9-5-4-6-13(15)12-18-11-10-16(20)19-14-7-2-1-3-8-14/h4-6,9,14,18H,1-3,7-8,10-12H2,(H,19,20). The van der Waals surface area contributed by atoms with Crippen molar-refractivity contribution in [3.63, 3.8) is 0 Å². The molecule has 0 saturated heterocycles. The second-order valence-corrected chi connectivity index (χ2v) is 5.42. The molecule has 1 fully saturated rings. The van der Waals surface area contributed by atoms with E-state index in [-0.39, 0.29) is 11.7 Å². The first kappa shape index (κ1) is 15.0. The molecular formula is C16H23FN2O. The van der Waals surface area contributed by atoms with E-state index >= 15 is 0 Å². The topological polar surface area (TPSA) is 41.1 Å². The fourth-order valence-electron chi connectivity index (χ4n) is 2.61. The maximum absolute atomic E-state index is 13.4. The first-order valence-electron chi connectivity index (χ1n) is 7.49. The molecule has 0 aliphatic heterocycles. The predicted octanol–water partition coefficient (Wildman–Crippen LogP) is 2.75. The Kier molecular flexibility index (Phi) is 5.99. The molecule has 0 unspecified atom stereocenters. The van der Waals surface area contributed by atoms with Gasteiger partial charge >= 0.3 is 0 Å². The van der Waals surface area contributed by atoms with Gasteiger partial charge < -0.3 is 10.6 Å². The van der Waals surface area contributed by atoms with Gasteiger partial charge in [0.1, 0.15) is 5.82 Å². The SMILES string of the molecule is O=C(CCNCc1ccccc1F)NC1CCCCC1. The third-order valence-corrected chi connectivity index (χ3v) is 3.77. The number of nitrogens with one attached hydrogen (secondary N) is 2. The number of amides is 1. The Morgan fingerprint density at radius 1 is 1.20 bits per heavy atom. The highest BCUT2D eigenvalue weighted by Gasteiger charge is 2.15. The van der Waals surface area contributed by atoms with Gasteiger partial charge in [0, 0.05) is 31.1 Å². The summed E-state index contributed by atoms with van der Waals surface area (Å²) in [6.07, 6.45) is 6.39. The molecule has 0 spiro atoms. The zero-order valence-corrected chi connectivity index (χ0v) is 11.8. The van der Waals surface area contributed by atoms with Crippen molar-refractivity contribution in [3.8, 4) is 0 Å². The molecule has 2 N–H and O–H groups in total. The van der Waals surface area contributed by atoms with Gasteiger partial charge in [-0.2, -0.15) is 0 Å². The van der Waals surface area contributed by atoms with Crippen molar-refractivity contribution in [1.29, 1.82) is 0 Å². The Labute approximate surface area is 120 Å². The number of hydrogen-bond donors (Lipinski definition) is 2. The van der Waals surface area contributed by atoms with Gasteiger partial charge in [-0.3, -0.25) is 4.79 Å². The molecule has 4 heteroatoms. The van der Waals surface area contributed by atoms with Gasteiger partial charge in [0.2, 0.25) is 5.91 Å². The molecule has 1 aromatic carbocycles. The Balaban J connectivity index is 1.60. The lowest BCUT2D eigenvalue weighted by molar-refractivity contribution is -0.121. The van der Waals surface area contributed by atoms with Crippen LogP contribution in [-0.2, 0) is 11.3 Å². The van der Waals surface area contributed by atoms with Crippen LogP contribution in [0.3, 0.4) is 0 Å². The summed E-state index contributed by atoms with van der Waals surface area (Å²) in [6, 6.07) is 7.06. The number of hydrogen-bond acceptors (Lipinski definition) is 2. The lowest BCUT2D eigenvalue weighted by Crippen LogP contribution is -2.37. The van der Waals surface area contributed by atoms with Gasteiger partial charge in [0.05, 0.1) is 0 Å². The maximum atomic E-state index is 13.4. The van der Waals surface area contributed by atoms with Crippen LogP contribution in [0.2, 0.25) is 0 Å². The molecular weight excluding hydrogens is 255 g/mol. The van der Waals surface area contributed by atoms with Crippen molar-refractivity contribution in [2.24, 2.45) is 0 Å². The summed E-state index contributed by atoms with van der Waals surface area (Å²) in [5.41, 5.74) is 0.639. The molecule has 1 aromatic rings. The van der Waals surface area contributed by atoms with Crippen LogP contribution >= 0.6 is 0 Å². The average molecular weight is 278 g/mol. The molecule has 0 radical (unpaired) electrons. The highest BCUT2D eigenvalue weighted by Crippen LogP contribution is 2.17. The normalized spacial score (nSPS) is 16.1. The van der Waals surface area contributed by atoms with Crippen LogP contribution in [0.25, 0.3) is 0 Å². The van der Waals surface area contributed by atoms with Crippen LogP contribution in [0.5, 0.6) is 0 Å². The number of rotatable bonds is 6. The fraction of sp³-hybridized carbons (Fsp3) is 0.562. The molecule has 1 saturated carbocycles. The van der Waals surface area contributed by atoms with E-state index in [2.05, 4.69) is 10.6 Å². The van der Waals surface area contributed by atoms with E-state index in [0.717, 1.165) is 12.8 Å². The minimum absolute atomic E-state index is 0.0953. The molecule has 0 heterocycles. The van der Waals surface area contributed by atoms with Crippen molar-refractivity contribution in [2.45, 2.75) is 51.1 Å². The summed E-state index contributed by atoms with van der Waals surface area (Å²) in [4.78, 5) is 11.8. The summed E-state index contributed by atoms with van der Waals surface area (Å²) >= 11 is 0. The number of benzene rings is 1. The second kappa shape index (κ2) is 8.00. The highest BCUT2D eigenvalue weighted by atomic mass is 19.1. The highest BCUT2D eigenvalue weighted by molar-refractivity contribution is 5.76. The van der Waals surface area contributed by atoms with Crippen molar-refractivity contribution in [3.05, 3.63) is 35.6 Å². The summed E-state index contributed by atoms with van der Waals surface area (Å²) in [5.74, 6) is -0.107. The Morgan fingerprint density at radius 3 is 2.70 bits per heavy atom. The monoisotopic (exact) mass is 278 g/mol. The molecule has 2 rings (SSSR count). The summed E-state index contributed by atoms with van der Waals surface area (Å²) < 4.78 is 13.4. The van der Waals surface area contributed by atoms with Crippen LogP contribution in [-0.4, -0.2) is 18.5 Å². The molecule has 3 nitrogen and oxygen atoms in total. The van der Waals surface area contributed by atoms with Gasteiger partial charge in [-0.05, 0) is 18.9 Å². The van der Waals surface area contributed by atoms with Crippen molar-refractivity contribution < 1.29 is 9.18 Å². The van der Waals surface area contributed by atoms with Crippen LogP contribution in [0.4, 0.5) is 4.39 Å². The molecule has 1 amide bonds. The largest absolute Gasteiger partial charge is 0.353 e. The van der Waals surface area contributed by atoms with E-state index in [0.29, 0.717) is 31.1 Å². The predicted molar refractivity (Wildman–Crippen MR) is 77.7 cm³/mol. The molecule has 0 aromatic heterocycles. The lowest BCUT2D eigenvalue weighted by atomic mass is 9.95. The zero-order chi connectivity index (χ0) is 14.2. The van der Waals surface area contributed by atoms with E-state index < -0.39 is 0 Å². The third-order valence-electron chi connectivity index (χ3n) is 3.77. The number of carbonyl (C=O) groups excluding carboxylic acids is 1. The van der Waals surface area contributed by atoms with Gasteiger partial charge in [-0.1, -0.05) is 37.5 Å². The van der Waals surface area contributed by atoms with Gasteiger partial charge in [-0.25, -0.2) is 4.39 Å². The number of carbonyl (C=O) groups is 1. The summed E-state index contributed by atoms with van der Waals surface area (Å²) in [5, 5.41) is 6.19. The average Bonchev–Trinajstić information content (AvgIpc) is 2.46. The Hall–Kier alpha value is -1.42. The smallest absolute Gasteiger partial charge is 0.221 e. The molecule has 0 bridgehead atoms. The Morgan fingerprint density at radius 2 is 1.95 bits per heavy atom. The van der Waals surface area contributed by atoms with Gasteiger partial charge in [0.25, 0.3) is 0 Å². The molecule has 1 aliphatic carbocycles.